The maximum absolute atomic E-state index is 6.09. The van der Waals surface area contributed by atoms with Gasteiger partial charge in [-0.2, -0.15) is 0 Å². The van der Waals surface area contributed by atoms with E-state index in [0.717, 1.165) is 0 Å². The molecule has 2 aromatic rings. The number of rotatable bonds is 3. The van der Waals surface area contributed by atoms with Crippen molar-refractivity contribution in [2.24, 2.45) is 0 Å². The predicted molar refractivity (Wildman–Crippen MR) is 83.5 cm³/mol. The molecule has 0 saturated heterocycles. The number of nitrogens with one attached hydrogen (secondary N) is 2. The normalized spacial score (nSPS) is 10.4. The van der Waals surface area contributed by atoms with E-state index >= 15 is 0 Å². The highest BCUT2D eigenvalue weighted by Crippen LogP contribution is 2.33. The first-order valence-corrected chi connectivity index (χ1v) is 6.78. The molecule has 3 nitrogen and oxygen atoms in total. The third-order valence-corrected chi connectivity index (χ3v) is 3.49. The van der Waals surface area contributed by atoms with Crippen molar-refractivity contribution in [2.75, 3.05) is 17.7 Å². The first-order chi connectivity index (χ1) is 9.01. The van der Waals surface area contributed by atoms with E-state index in [1.165, 1.54) is 0 Å². The SMILES string of the molecule is CNc1nc(Nc2cc(Cl)ccc2Cl)c(Cl)cc1Cl. The van der Waals surface area contributed by atoms with Gasteiger partial charge in [0.05, 0.1) is 20.8 Å². The molecule has 19 heavy (non-hydrogen) atoms. The van der Waals surface area contributed by atoms with Gasteiger partial charge in [-0.05, 0) is 24.3 Å². The fourth-order valence-corrected chi connectivity index (χ4v) is 2.29. The van der Waals surface area contributed by atoms with Crippen molar-refractivity contribution < 1.29 is 0 Å². The van der Waals surface area contributed by atoms with Gasteiger partial charge < -0.3 is 10.6 Å². The van der Waals surface area contributed by atoms with Crippen LogP contribution >= 0.6 is 46.4 Å². The van der Waals surface area contributed by atoms with Gasteiger partial charge in [-0.15, -0.1) is 0 Å². The van der Waals surface area contributed by atoms with Crippen LogP contribution in [0.15, 0.2) is 24.3 Å². The third-order valence-electron chi connectivity index (χ3n) is 2.35. The maximum Gasteiger partial charge on any atom is 0.151 e. The lowest BCUT2D eigenvalue weighted by molar-refractivity contribution is 1.28. The zero-order chi connectivity index (χ0) is 14.0. The number of aromatic nitrogens is 1. The second-order valence-electron chi connectivity index (χ2n) is 3.65. The number of halogens is 4. The van der Waals surface area contributed by atoms with E-state index < -0.39 is 0 Å². The molecule has 1 heterocycles. The van der Waals surface area contributed by atoms with Crippen LogP contribution in [-0.4, -0.2) is 12.0 Å². The molecule has 0 saturated carbocycles. The van der Waals surface area contributed by atoms with Crippen LogP contribution in [-0.2, 0) is 0 Å². The number of pyridine rings is 1. The number of nitrogens with zero attached hydrogens (tertiary/aromatic N) is 1. The van der Waals surface area contributed by atoms with Crippen molar-refractivity contribution in [3.05, 3.63) is 44.4 Å². The molecule has 0 atom stereocenters. The van der Waals surface area contributed by atoms with E-state index in [2.05, 4.69) is 15.6 Å². The summed E-state index contributed by atoms with van der Waals surface area (Å²) in [6, 6.07) is 6.68. The van der Waals surface area contributed by atoms with Crippen LogP contribution in [0.4, 0.5) is 17.3 Å². The summed E-state index contributed by atoms with van der Waals surface area (Å²) in [4.78, 5) is 4.27. The van der Waals surface area contributed by atoms with E-state index in [4.69, 9.17) is 46.4 Å². The Morgan fingerprint density at radius 1 is 0.895 bits per heavy atom. The zero-order valence-electron chi connectivity index (χ0n) is 9.77. The highest BCUT2D eigenvalue weighted by Gasteiger charge is 2.10. The summed E-state index contributed by atoms with van der Waals surface area (Å²) in [6.07, 6.45) is 0. The fraction of sp³-hybridized carbons (Fsp3) is 0.0833. The molecule has 0 radical (unpaired) electrons. The van der Waals surface area contributed by atoms with Crippen LogP contribution < -0.4 is 10.6 Å². The van der Waals surface area contributed by atoms with E-state index in [1.807, 2.05) is 0 Å². The Bertz CT molecular complexity index is 616. The number of benzene rings is 1. The molecule has 0 aliphatic rings. The molecule has 100 valence electrons. The van der Waals surface area contributed by atoms with Gasteiger partial charge in [0.2, 0.25) is 0 Å². The summed E-state index contributed by atoms with van der Waals surface area (Å²) in [5.74, 6) is 0.964. The first-order valence-electron chi connectivity index (χ1n) is 5.27. The van der Waals surface area contributed by atoms with Crippen molar-refractivity contribution in [2.45, 2.75) is 0 Å². The predicted octanol–water partition coefficient (Wildman–Crippen LogP) is 5.48. The lowest BCUT2D eigenvalue weighted by Crippen LogP contribution is -2.00. The minimum absolute atomic E-state index is 0.389. The first kappa shape index (κ1) is 14.5. The van der Waals surface area contributed by atoms with Crippen LogP contribution in [0.1, 0.15) is 0 Å². The molecule has 0 fully saturated rings. The van der Waals surface area contributed by atoms with Crippen molar-refractivity contribution in [1.82, 2.24) is 4.98 Å². The molecule has 0 unspecified atom stereocenters. The zero-order valence-corrected chi connectivity index (χ0v) is 12.8. The lowest BCUT2D eigenvalue weighted by atomic mass is 10.3. The van der Waals surface area contributed by atoms with Crippen LogP contribution in [0, 0.1) is 0 Å². The van der Waals surface area contributed by atoms with Crippen LogP contribution in [0.5, 0.6) is 0 Å². The molecule has 0 aliphatic heterocycles. The van der Waals surface area contributed by atoms with E-state index in [9.17, 15) is 0 Å². The lowest BCUT2D eigenvalue weighted by Gasteiger charge is -2.12. The molecule has 1 aromatic heterocycles. The quantitative estimate of drug-likeness (QED) is 0.779. The Kier molecular flexibility index (Phi) is 4.63. The Labute approximate surface area is 130 Å². The van der Waals surface area contributed by atoms with Crippen LogP contribution in [0.25, 0.3) is 0 Å². The highest BCUT2D eigenvalue weighted by atomic mass is 35.5. The Hall–Kier alpha value is -0.870. The van der Waals surface area contributed by atoms with Crippen LogP contribution in [0.2, 0.25) is 20.1 Å². The average Bonchev–Trinajstić information content (AvgIpc) is 2.37. The minimum atomic E-state index is 0.389. The fourth-order valence-electron chi connectivity index (χ4n) is 1.45. The molecule has 2 N–H and O–H groups in total. The van der Waals surface area contributed by atoms with Gasteiger partial charge >= 0.3 is 0 Å². The van der Waals surface area contributed by atoms with Gasteiger partial charge in [0.25, 0.3) is 0 Å². The van der Waals surface area contributed by atoms with Gasteiger partial charge in [-0.25, -0.2) is 4.98 Å². The largest absolute Gasteiger partial charge is 0.372 e. The summed E-state index contributed by atoms with van der Waals surface area (Å²) in [5, 5.41) is 7.81. The van der Waals surface area contributed by atoms with Gasteiger partial charge in [-0.1, -0.05) is 46.4 Å². The van der Waals surface area contributed by atoms with Crippen molar-refractivity contribution in [3.63, 3.8) is 0 Å². The number of hydrogen-bond acceptors (Lipinski definition) is 3. The Morgan fingerprint density at radius 3 is 2.26 bits per heavy atom. The summed E-state index contributed by atoms with van der Waals surface area (Å²) < 4.78 is 0. The van der Waals surface area contributed by atoms with E-state index in [-0.39, 0.29) is 0 Å². The molecular weight excluding hydrogens is 328 g/mol. The van der Waals surface area contributed by atoms with Crippen molar-refractivity contribution >= 4 is 63.7 Å². The van der Waals surface area contributed by atoms with Gasteiger partial charge in [0.1, 0.15) is 5.82 Å². The Balaban J connectivity index is 2.40. The summed E-state index contributed by atoms with van der Waals surface area (Å²) >= 11 is 24.1. The van der Waals surface area contributed by atoms with Gasteiger partial charge in [0, 0.05) is 12.1 Å². The minimum Gasteiger partial charge on any atom is -0.372 e. The van der Waals surface area contributed by atoms with Gasteiger partial charge in [0.15, 0.2) is 5.82 Å². The summed E-state index contributed by atoms with van der Waals surface area (Å²) in [5.41, 5.74) is 0.618. The average molecular weight is 337 g/mol. The summed E-state index contributed by atoms with van der Waals surface area (Å²) in [6.45, 7) is 0. The smallest absolute Gasteiger partial charge is 0.151 e. The molecule has 0 bridgehead atoms. The standard InChI is InChI=1S/C12H9Cl4N3/c1-17-11-8(15)5-9(16)12(19-11)18-10-4-6(13)2-3-7(10)14/h2-5H,1H3,(H2,17,18,19). The second kappa shape index (κ2) is 6.06. The molecule has 7 heteroatoms. The highest BCUT2D eigenvalue weighted by molar-refractivity contribution is 6.38. The van der Waals surface area contributed by atoms with E-state index in [1.54, 1.807) is 31.3 Å². The summed E-state index contributed by atoms with van der Waals surface area (Å²) in [7, 11) is 1.72. The molecule has 0 spiro atoms. The Morgan fingerprint density at radius 2 is 1.58 bits per heavy atom. The van der Waals surface area contributed by atoms with Gasteiger partial charge in [-0.3, -0.25) is 0 Å². The second-order valence-corrected chi connectivity index (χ2v) is 5.31. The molecule has 0 amide bonds. The molecule has 1 aromatic carbocycles. The maximum atomic E-state index is 6.09. The number of anilines is 3. The van der Waals surface area contributed by atoms with Crippen LogP contribution in [0.3, 0.4) is 0 Å². The van der Waals surface area contributed by atoms with E-state index in [0.29, 0.717) is 37.4 Å². The topological polar surface area (TPSA) is 37.0 Å². The molecular formula is C12H9Cl4N3. The van der Waals surface area contributed by atoms with Crippen molar-refractivity contribution in [3.8, 4) is 0 Å². The third kappa shape index (κ3) is 3.37. The molecule has 0 aliphatic carbocycles. The monoisotopic (exact) mass is 335 g/mol. The van der Waals surface area contributed by atoms with Crippen molar-refractivity contribution in [1.29, 1.82) is 0 Å². The molecule has 2 rings (SSSR count). The number of hydrogen-bond donors (Lipinski definition) is 2.